The summed E-state index contributed by atoms with van der Waals surface area (Å²) in [5.41, 5.74) is -0.232. The lowest BCUT2D eigenvalue weighted by Gasteiger charge is -2.13. The van der Waals surface area contributed by atoms with Crippen molar-refractivity contribution < 1.29 is 22.0 Å². The van der Waals surface area contributed by atoms with Gasteiger partial charge in [0.2, 0.25) is 0 Å². The first kappa shape index (κ1) is 24.0. The van der Waals surface area contributed by atoms with Gasteiger partial charge in [-0.05, 0) is 48.9 Å². The lowest BCUT2D eigenvalue weighted by atomic mass is 10.0. The highest BCUT2D eigenvalue weighted by Gasteiger charge is 2.26. The number of nitriles is 1. The normalized spacial score (nSPS) is 11.5. The Bertz CT molecular complexity index is 1750. The molecular formula is C25H19F2N3O4S. The zero-order valence-corrected chi connectivity index (χ0v) is 19.8. The summed E-state index contributed by atoms with van der Waals surface area (Å²) in [6.07, 6.45) is 2.36. The van der Waals surface area contributed by atoms with Crippen molar-refractivity contribution in [1.82, 2.24) is 9.55 Å². The highest BCUT2D eigenvalue weighted by Crippen LogP contribution is 2.36. The van der Waals surface area contributed by atoms with Crippen molar-refractivity contribution in [3.8, 4) is 17.2 Å². The van der Waals surface area contributed by atoms with Gasteiger partial charge in [-0.25, -0.2) is 17.2 Å². The van der Waals surface area contributed by atoms with Crippen molar-refractivity contribution in [2.45, 2.75) is 25.3 Å². The molecule has 1 N–H and O–H groups in total. The van der Waals surface area contributed by atoms with Crippen molar-refractivity contribution in [3.63, 3.8) is 0 Å². The van der Waals surface area contributed by atoms with Gasteiger partial charge < -0.3 is 9.55 Å². The molecule has 0 aliphatic carbocycles. The number of aromatic amines is 1. The van der Waals surface area contributed by atoms with Crippen LogP contribution in [0.15, 0.2) is 52.3 Å². The number of aromatic nitrogens is 2. The molecule has 0 aliphatic heterocycles. The van der Waals surface area contributed by atoms with Gasteiger partial charge in [-0.2, -0.15) is 5.26 Å². The third-order valence-electron chi connectivity index (χ3n) is 5.76. The lowest BCUT2D eigenvalue weighted by molar-refractivity contribution is 0.101. The van der Waals surface area contributed by atoms with E-state index in [1.807, 2.05) is 0 Å². The molecule has 0 bridgehead atoms. The number of H-pyrrole nitrogens is 1. The molecule has 0 aliphatic rings. The molecule has 35 heavy (non-hydrogen) atoms. The van der Waals surface area contributed by atoms with Crippen LogP contribution >= 0.6 is 0 Å². The van der Waals surface area contributed by atoms with Crippen LogP contribution in [0.2, 0.25) is 0 Å². The van der Waals surface area contributed by atoms with E-state index in [1.54, 1.807) is 12.1 Å². The smallest absolute Gasteiger partial charge is 0.255 e. The summed E-state index contributed by atoms with van der Waals surface area (Å²) in [6.45, 7) is 2.41. The summed E-state index contributed by atoms with van der Waals surface area (Å²) >= 11 is 0. The minimum absolute atomic E-state index is 0.0179. The third-order valence-corrected chi connectivity index (χ3v) is 6.86. The van der Waals surface area contributed by atoms with Crippen LogP contribution in [0.3, 0.4) is 0 Å². The number of nitrogens with one attached hydrogen (secondary N) is 1. The molecule has 0 amide bonds. The SMILES string of the molecule is CC(=O)c1c(-c2ccc[nH]c2=O)c2cc(C)c(F)cc2n1Cc1cc(S(C)(=O)=O)cc(C#N)c1F. The second-order valence-corrected chi connectivity index (χ2v) is 10.2. The highest BCUT2D eigenvalue weighted by molar-refractivity contribution is 7.90. The summed E-state index contributed by atoms with van der Waals surface area (Å²) in [5, 5.41) is 9.72. The monoisotopic (exact) mass is 495 g/mol. The number of ketones is 1. The van der Waals surface area contributed by atoms with Crippen LogP contribution in [0.5, 0.6) is 0 Å². The van der Waals surface area contributed by atoms with Gasteiger partial charge in [0.15, 0.2) is 15.6 Å². The number of hydrogen-bond donors (Lipinski definition) is 1. The van der Waals surface area contributed by atoms with Crippen LogP contribution in [0, 0.1) is 29.9 Å². The van der Waals surface area contributed by atoms with Crippen LogP contribution < -0.4 is 5.56 Å². The zero-order valence-electron chi connectivity index (χ0n) is 18.9. The predicted molar refractivity (Wildman–Crippen MR) is 126 cm³/mol. The molecule has 4 aromatic rings. The maximum absolute atomic E-state index is 15.2. The molecule has 2 aromatic heterocycles. The van der Waals surface area contributed by atoms with E-state index in [9.17, 15) is 27.7 Å². The van der Waals surface area contributed by atoms with Gasteiger partial charge in [0.1, 0.15) is 17.7 Å². The molecular weight excluding hydrogens is 476 g/mol. The molecule has 10 heteroatoms. The van der Waals surface area contributed by atoms with Gasteiger partial charge in [0.25, 0.3) is 5.56 Å². The Labute approximate surface area is 199 Å². The number of hydrogen-bond acceptors (Lipinski definition) is 5. The number of halogens is 2. The number of Topliss-reactive ketones (excluding diaryl/α,β-unsaturated/α-hetero) is 1. The first-order valence-electron chi connectivity index (χ1n) is 10.4. The van der Waals surface area contributed by atoms with E-state index in [1.165, 1.54) is 42.8 Å². The number of sulfone groups is 1. The van der Waals surface area contributed by atoms with Crippen molar-refractivity contribution in [3.05, 3.63) is 87.0 Å². The number of fused-ring (bicyclic) bond motifs is 1. The first-order valence-corrected chi connectivity index (χ1v) is 12.3. The van der Waals surface area contributed by atoms with E-state index in [0.717, 1.165) is 18.4 Å². The second kappa shape index (κ2) is 8.60. The third kappa shape index (κ3) is 4.15. The summed E-state index contributed by atoms with van der Waals surface area (Å²) in [7, 11) is -3.79. The van der Waals surface area contributed by atoms with Gasteiger partial charge >= 0.3 is 0 Å². The maximum atomic E-state index is 15.2. The number of pyridine rings is 1. The molecule has 7 nitrogen and oxygen atoms in total. The van der Waals surface area contributed by atoms with Gasteiger partial charge in [-0.1, -0.05) is 0 Å². The molecule has 0 atom stereocenters. The number of carbonyl (C=O) groups is 1. The predicted octanol–water partition coefficient (Wildman–Crippen LogP) is 4.11. The minimum Gasteiger partial charge on any atom is -0.333 e. The van der Waals surface area contributed by atoms with Crippen LogP contribution in [0.4, 0.5) is 8.78 Å². The summed E-state index contributed by atoms with van der Waals surface area (Å²) in [5.74, 6) is -2.01. The van der Waals surface area contributed by atoms with Gasteiger partial charge in [-0.15, -0.1) is 0 Å². The Morgan fingerprint density at radius 2 is 1.91 bits per heavy atom. The van der Waals surface area contributed by atoms with Gasteiger partial charge in [0.05, 0.1) is 28.2 Å². The number of nitrogens with zero attached hydrogens (tertiary/aromatic N) is 2. The van der Waals surface area contributed by atoms with Crippen molar-refractivity contribution in [1.29, 1.82) is 5.26 Å². The van der Waals surface area contributed by atoms with E-state index in [2.05, 4.69) is 4.98 Å². The molecule has 2 heterocycles. The fourth-order valence-electron chi connectivity index (χ4n) is 4.14. The summed E-state index contributed by atoms with van der Waals surface area (Å²) in [6, 6.07) is 9.44. The van der Waals surface area contributed by atoms with E-state index < -0.39 is 38.4 Å². The fraction of sp³-hybridized carbons (Fsp3) is 0.160. The van der Waals surface area contributed by atoms with Gasteiger partial charge in [0, 0.05) is 41.5 Å². The molecule has 0 spiro atoms. The molecule has 0 saturated heterocycles. The van der Waals surface area contributed by atoms with Crippen LogP contribution in [0.25, 0.3) is 22.0 Å². The second-order valence-electron chi connectivity index (χ2n) is 8.23. The lowest BCUT2D eigenvalue weighted by Crippen LogP contribution is -2.13. The van der Waals surface area contributed by atoms with Crippen LogP contribution in [-0.4, -0.2) is 30.0 Å². The molecule has 0 fully saturated rings. The summed E-state index contributed by atoms with van der Waals surface area (Å²) < 4.78 is 55.4. The van der Waals surface area contributed by atoms with E-state index in [4.69, 9.17) is 0 Å². The largest absolute Gasteiger partial charge is 0.333 e. The average Bonchev–Trinajstić information content (AvgIpc) is 3.08. The molecule has 0 saturated carbocycles. The van der Waals surface area contributed by atoms with Crippen molar-refractivity contribution >= 4 is 26.5 Å². The highest BCUT2D eigenvalue weighted by atomic mass is 32.2. The van der Waals surface area contributed by atoms with E-state index in [0.29, 0.717) is 5.39 Å². The first-order chi connectivity index (χ1) is 16.4. The standard InChI is InChI=1S/C25H19F2N3O4S/c1-13-7-19-21(10-20(13)26)30(24(14(2)31)22(19)18-5-4-6-29-25(18)32)12-16-9-17(35(3,33)34)8-15(11-28)23(16)27/h4-10H,12H2,1-3H3,(H,29,32). The van der Waals surface area contributed by atoms with E-state index in [-0.39, 0.29) is 44.9 Å². The minimum atomic E-state index is -3.79. The van der Waals surface area contributed by atoms with Crippen LogP contribution in [-0.2, 0) is 16.4 Å². The fourth-order valence-corrected chi connectivity index (χ4v) is 4.82. The molecule has 0 radical (unpaired) electrons. The van der Waals surface area contributed by atoms with Crippen molar-refractivity contribution in [2.75, 3.05) is 6.26 Å². The topological polar surface area (TPSA) is 113 Å². The van der Waals surface area contributed by atoms with E-state index >= 15 is 4.39 Å². The molecule has 178 valence electrons. The average molecular weight is 496 g/mol. The number of benzene rings is 2. The molecule has 0 unspecified atom stereocenters. The zero-order chi connectivity index (χ0) is 25.7. The number of carbonyl (C=O) groups excluding carboxylic acids is 1. The van der Waals surface area contributed by atoms with Gasteiger partial charge in [-0.3, -0.25) is 9.59 Å². The molecule has 2 aromatic carbocycles. The number of aryl methyl sites for hydroxylation is 1. The van der Waals surface area contributed by atoms with Crippen LogP contribution in [0.1, 0.15) is 34.1 Å². The Balaban J connectivity index is 2.12. The Kier molecular flexibility index (Phi) is 5.90. The molecule has 4 rings (SSSR count). The maximum Gasteiger partial charge on any atom is 0.255 e. The Morgan fingerprint density at radius 3 is 2.51 bits per heavy atom. The Hall–Kier alpha value is -4.10. The summed E-state index contributed by atoms with van der Waals surface area (Å²) in [4.78, 5) is 27.8. The Morgan fingerprint density at radius 1 is 1.20 bits per heavy atom. The number of rotatable bonds is 5. The van der Waals surface area contributed by atoms with Crippen molar-refractivity contribution in [2.24, 2.45) is 0 Å². The quantitative estimate of drug-likeness (QED) is 0.331.